The number of ether oxygens (including phenoxy) is 1. The van der Waals surface area contributed by atoms with Crippen LogP contribution in [0.4, 0.5) is 0 Å². The maximum Gasteiger partial charge on any atom is 0.242 e. The van der Waals surface area contributed by atoms with Gasteiger partial charge < -0.3 is 19.5 Å². The average Bonchev–Trinajstić information content (AvgIpc) is 3.05. The number of hydrogen-bond acceptors (Lipinski definition) is 4. The van der Waals surface area contributed by atoms with Crippen molar-refractivity contribution in [3.63, 3.8) is 0 Å². The molecule has 0 aliphatic carbocycles. The fourth-order valence-corrected chi connectivity index (χ4v) is 3.47. The fraction of sp³-hybridized carbons (Fsp3) is 0.333. The Morgan fingerprint density at radius 2 is 1.96 bits per heavy atom. The first-order valence-corrected chi connectivity index (χ1v) is 9.34. The number of rotatable bonds is 5. The van der Waals surface area contributed by atoms with Crippen LogP contribution in [0.3, 0.4) is 0 Å². The molecule has 140 valence electrons. The molecule has 1 amide bonds. The molecule has 2 heterocycles. The number of nitrogens with one attached hydrogen (secondary N) is 1. The maximum absolute atomic E-state index is 12.9. The lowest BCUT2D eigenvalue weighted by Gasteiger charge is -2.32. The molecule has 0 spiro atoms. The van der Waals surface area contributed by atoms with E-state index in [0.717, 1.165) is 42.2 Å². The monoisotopic (exact) mass is 364 g/mol. The van der Waals surface area contributed by atoms with E-state index < -0.39 is 0 Å². The summed E-state index contributed by atoms with van der Waals surface area (Å²) in [5, 5.41) is 3.37. The van der Waals surface area contributed by atoms with Crippen molar-refractivity contribution in [3.05, 3.63) is 60.4 Å². The van der Waals surface area contributed by atoms with E-state index in [1.165, 1.54) is 0 Å². The van der Waals surface area contributed by atoms with Gasteiger partial charge in [-0.15, -0.1) is 0 Å². The molecular weight excluding hydrogens is 340 g/mol. The minimum absolute atomic E-state index is 0.118. The third kappa shape index (κ3) is 3.95. The number of amides is 1. The molecule has 27 heavy (non-hydrogen) atoms. The summed E-state index contributed by atoms with van der Waals surface area (Å²) in [6, 6.07) is 17.9. The second-order valence-electron chi connectivity index (χ2n) is 6.90. The average molecular weight is 364 g/mol. The van der Waals surface area contributed by atoms with Crippen molar-refractivity contribution < 1.29 is 9.53 Å². The number of piperazine rings is 1. The lowest BCUT2D eigenvalue weighted by atomic mass is 10.2. The molecule has 1 fully saturated rings. The molecule has 4 rings (SSSR count). The standard InChI is InChI=1S/C21H24N4O2/c1-16-13-24(12-11-22-16)21(26)14-25-19-10-6-5-9-18(19)23-20(25)15-27-17-7-3-2-4-8-17/h2-10,16,22H,11-15H2,1H3. The summed E-state index contributed by atoms with van der Waals surface area (Å²) >= 11 is 0. The highest BCUT2D eigenvalue weighted by Crippen LogP contribution is 2.19. The predicted octanol–water partition coefficient (Wildman–Crippen LogP) is 2.44. The molecule has 1 aromatic heterocycles. The largest absolute Gasteiger partial charge is 0.486 e. The molecule has 1 atom stereocenters. The normalized spacial score (nSPS) is 17.2. The number of nitrogens with zero attached hydrogens (tertiary/aromatic N) is 3. The SMILES string of the molecule is CC1CN(C(=O)Cn2c(COc3ccccc3)nc3ccccc32)CCN1. The Bertz CT molecular complexity index is 922. The van der Waals surface area contributed by atoms with Crippen LogP contribution in [0.15, 0.2) is 54.6 Å². The second-order valence-corrected chi connectivity index (χ2v) is 6.90. The van der Waals surface area contributed by atoms with Crippen LogP contribution in [0.25, 0.3) is 11.0 Å². The first-order chi connectivity index (χ1) is 13.2. The topological polar surface area (TPSA) is 59.4 Å². The predicted molar refractivity (Wildman–Crippen MR) is 105 cm³/mol. The molecule has 2 aromatic carbocycles. The number of carbonyl (C=O) groups excluding carboxylic acids is 1. The molecule has 1 aliphatic rings. The number of fused-ring (bicyclic) bond motifs is 1. The lowest BCUT2D eigenvalue weighted by molar-refractivity contribution is -0.132. The lowest BCUT2D eigenvalue weighted by Crippen LogP contribution is -2.52. The van der Waals surface area contributed by atoms with Gasteiger partial charge in [-0.05, 0) is 31.2 Å². The number of para-hydroxylation sites is 3. The van der Waals surface area contributed by atoms with Gasteiger partial charge in [0.1, 0.15) is 24.7 Å². The van der Waals surface area contributed by atoms with Gasteiger partial charge >= 0.3 is 0 Å². The van der Waals surface area contributed by atoms with Crippen LogP contribution in [0.5, 0.6) is 5.75 Å². The highest BCUT2D eigenvalue weighted by Gasteiger charge is 2.22. The molecule has 0 radical (unpaired) electrons. The molecule has 1 N–H and O–H groups in total. The minimum atomic E-state index is 0.118. The van der Waals surface area contributed by atoms with Crippen molar-refractivity contribution in [3.8, 4) is 5.75 Å². The summed E-state index contributed by atoms with van der Waals surface area (Å²) in [6.45, 7) is 5.02. The van der Waals surface area contributed by atoms with Gasteiger partial charge in [-0.3, -0.25) is 4.79 Å². The van der Waals surface area contributed by atoms with Crippen LogP contribution in [-0.2, 0) is 17.9 Å². The van der Waals surface area contributed by atoms with Crippen LogP contribution < -0.4 is 10.1 Å². The summed E-state index contributed by atoms with van der Waals surface area (Å²) in [6.07, 6.45) is 0. The van der Waals surface area contributed by atoms with Crippen molar-refractivity contribution in [2.75, 3.05) is 19.6 Å². The van der Waals surface area contributed by atoms with Crippen LogP contribution in [-0.4, -0.2) is 46.0 Å². The molecule has 0 saturated carbocycles. The maximum atomic E-state index is 12.9. The number of imidazole rings is 1. The van der Waals surface area contributed by atoms with Crippen LogP contribution in [0, 0.1) is 0 Å². The van der Waals surface area contributed by atoms with E-state index in [0.29, 0.717) is 12.6 Å². The summed E-state index contributed by atoms with van der Waals surface area (Å²) in [7, 11) is 0. The Balaban J connectivity index is 1.57. The van der Waals surface area contributed by atoms with E-state index in [1.807, 2.05) is 64.1 Å². The van der Waals surface area contributed by atoms with Crippen molar-refractivity contribution in [2.24, 2.45) is 0 Å². The summed E-state index contributed by atoms with van der Waals surface area (Å²) in [5.41, 5.74) is 1.84. The molecular formula is C21H24N4O2. The summed E-state index contributed by atoms with van der Waals surface area (Å²) in [4.78, 5) is 19.5. The van der Waals surface area contributed by atoms with Crippen LogP contribution in [0.1, 0.15) is 12.7 Å². The summed E-state index contributed by atoms with van der Waals surface area (Å²) < 4.78 is 7.87. The van der Waals surface area contributed by atoms with Gasteiger partial charge in [0, 0.05) is 25.7 Å². The van der Waals surface area contributed by atoms with E-state index in [-0.39, 0.29) is 12.5 Å². The van der Waals surface area contributed by atoms with Gasteiger partial charge in [0.25, 0.3) is 0 Å². The van der Waals surface area contributed by atoms with Crippen LogP contribution in [0.2, 0.25) is 0 Å². The zero-order chi connectivity index (χ0) is 18.6. The van der Waals surface area contributed by atoms with Crippen LogP contribution >= 0.6 is 0 Å². The van der Waals surface area contributed by atoms with E-state index >= 15 is 0 Å². The van der Waals surface area contributed by atoms with Crippen molar-refractivity contribution in [2.45, 2.75) is 26.1 Å². The van der Waals surface area contributed by atoms with Crippen molar-refractivity contribution in [1.29, 1.82) is 0 Å². The molecule has 1 unspecified atom stereocenters. The van der Waals surface area contributed by atoms with Crippen molar-refractivity contribution >= 4 is 16.9 Å². The quantitative estimate of drug-likeness (QED) is 0.755. The van der Waals surface area contributed by atoms with Crippen molar-refractivity contribution in [1.82, 2.24) is 19.8 Å². The first-order valence-electron chi connectivity index (χ1n) is 9.34. The fourth-order valence-electron chi connectivity index (χ4n) is 3.47. The van der Waals surface area contributed by atoms with Gasteiger partial charge in [0.2, 0.25) is 5.91 Å². The smallest absolute Gasteiger partial charge is 0.242 e. The van der Waals surface area contributed by atoms with Gasteiger partial charge in [-0.25, -0.2) is 4.98 Å². The Labute approximate surface area is 158 Å². The number of benzene rings is 2. The zero-order valence-corrected chi connectivity index (χ0v) is 15.5. The first kappa shape index (κ1) is 17.5. The molecule has 6 nitrogen and oxygen atoms in total. The molecule has 3 aromatic rings. The van der Waals surface area contributed by atoms with Gasteiger partial charge in [0.15, 0.2) is 0 Å². The van der Waals surface area contributed by atoms with E-state index in [9.17, 15) is 4.79 Å². The number of hydrogen-bond donors (Lipinski definition) is 1. The van der Waals surface area contributed by atoms with Gasteiger partial charge in [-0.1, -0.05) is 30.3 Å². The number of carbonyl (C=O) groups is 1. The Morgan fingerprint density at radius 1 is 1.19 bits per heavy atom. The molecule has 1 saturated heterocycles. The van der Waals surface area contributed by atoms with Gasteiger partial charge in [0.05, 0.1) is 11.0 Å². The molecule has 6 heteroatoms. The Kier molecular flexibility index (Phi) is 5.07. The van der Waals surface area contributed by atoms with E-state index in [1.54, 1.807) is 0 Å². The third-order valence-electron chi connectivity index (χ3n) is 4.86. The Morgan fingerprint density at radius 3 is 2.78 bits per heavy atom. The highest BCUT2D eigenvalue weighted by molar-refractivity contribution is 5.81. The minimum Gasteiger partial charge on any atom is -0.486 e. The van der Waals surface area contributed by atoms with E-state index in [2.05, 4.69) is 12.2 Å². The zero-order valence-electron chi connectivity index (χ0n) is 15.5. The van der Waals surface area contributed by atoms with E-state index in [4.69, 9.17) is 9.72 Å². The summed E-state index contributed by atoms with van der Waals surface area (Å²) in [5.74, 6) is 1.67. The molecule has 0 bridgehead atoms. The second kappa shape index (κ2) is 7.80. The number of aromatic nitrogens is 2. The highest BCUT2D eigenvalue weighted by atomic mass is 16.5. The third-order valence-corrected chi connectivity index (χ3v) is 4.86. The Hall–Kier alpha value is -2.86. The molecule has 1 aliphatic heterocycles. The van der Waals surface area contributed by atoms with Gasteiger partial charge in [-0.2, -0.15) is 0 Å².